The highest BCUT2D eigenvalue weighted by molar-refractivity contribution is 5.89. The summed E-state index contributed by atoms with van der Waals surface area (Å²) < 4.78 is 6.27. The number of benzene rings is 3. The van der Waals surface area contributed by atoms with Crippen LogP contribution in [0.1, 0.15) is 35.1 Å². The van der Waals surface area contributed by atoms with Gasteiger partial charge in [0, 0.05) is 36.4 Å². The van der Waals surface area contributed by atoms with Crippen LogP contribution in [0.25, 0.3) is 44.7 Å². The third-order valence-corrected chi connectivity index (χ3v) is 8.10. The first-order valence-electron chi connectivity index (χ1n) is 14.2. The lowest BCUT2D eigenvalue weighted by Crippen LogP contribution is -2.18. The van der Waals surface area contributed by atoms with Crippen LogP contribution in [0.3, 0.4) is 0 Å². The van der Waals surface area contributed by atoms with Crippen LogP contribution in [0, 0.1) is 25.2 Å². The van der Waals surface area contributed by atoms with Crippen molar-refractivity contribution in [1.82, 2.24) is 24.8 Å². The van der Waals surface area contributed by atoms with E-state index in [0.717, 1.165) is 75.3 Å². The second-order valence-electron chi connectivity index (χ2n) is 10.8. The van der Waals surface area contributed by atoms with Crippen molar-refractivity contribution in [3.63, 3.8) is 0 Å². The molecular weight excluding hydrogens is 522 g/mol. The Morgan fingerprint density at radius 3 is 2.45 bits per heavy atom. The summed E-state index contributed by atoms with van der Waals surface area (Å²) in [5, 5.41) is 13.4. The molecule has 1 saturated heterocycles. The van der Waals surface area contributed by atoms with Gasteiger partial charge in [-0.15, -0.1) is 0 Å². The number of aromatic nitrogens is 4. The SMILES string of the molecule is Cc1c(Nc2nccc3nccnc23)cccc1-c1cccc(-c2nc3cc(CN4CCCC4)cc(C#N)c3o2)c1C. The predicted molar refractivity (Wildman–Crippen MR) is 164 cm³/mol. The number of fused-ring (bicyclic) bond motifs is 2. The predicted octanol–water partition coefficient (Wildman–Crippen LogP) is 7.33. The van der Waals surface area contributed by atoms with E-state index in [0.29, 0.717) is 22.9 Å². The lowest BCUT2D eigenvalue weighted by Gasteiger charge is -2.16. The number of hydrogen-bond acceptors (Lipinski definition) is 8. The van der Waals surface area contributed by atoms with Gasteiger partial charge >= 0.3 is 0 Å². The molecule has 0 atom stereocenters. The van der Waals surface area contributed by atoms with Crippen molar-refractivity contribution >= 4 is 33.6 Å². The largest absolute Gasteiger partial charge is 0.435 e. The number of nitrogens with zero attached hydrogens (tertiary/aromatic N) is 6. The fourth-order valence-corrected chi connectivity index (χ4v) is 5.92. The lowest BCUT2D eigenvalue weighted by atomic mass is 9.93. The molecule has 0 aliphatic carbocycles. The van der Waals surface area contributed by atoms with Gasteiger partial charge in [0.05, 0.1) is 11.1 Å². The monoisotopic (exact) mass is 551 g/mol. The summed E-state index contributed by atoms with van der Waals surface area (Å²) in [6.45, 7) is 7.20. The van der Waals surface area contributed by atoms with Crippen molar-refractivity contribution in [2.24, 2.45) is 0 Å². The van der Waals surface area contributed by atoms with Gasteiger partial charge in [-0.05, 0) is 97.9 Å². The summed E-state index contributed by atoms with van der Waals surface area (Å²) >= 11 is 0. The Hall–Kier alpha value is -5.13. The van der Waals surface area contributed by atoms with Crippen LogP contribution in [0.5, 0.6) is 0 Å². The maximum absolute atomic E-state index is 9.90. The molecule has 0 unspecified atom stereocenters. The summed E-state index contributed by atoms with van der Waals surface area (Å²) in [5.74, 6) is 1.18. The summed E-state index contributed by atoms with van der Waals surface area (Å²) in [5.41, 5.74) is 10.5. The van der Waals surface area contributed by atoms with Crippen molar-refractivity contribution in [2.45, 2.75) is 33.2 Å². The normalized spacial score (nSPS) is 13.5. The van der Waals surface area contributed by atoms with Crippen molar-refractivity contribution < 1.29 is 4.42 Å². The van der Waals surface area contributed by atoms with Crippen LogP contribution >= 0.6 is 0 Å². The number of anilines is 2. The highest BCUT2D eigenvalue weighted by atomic mass is 16.3. The van der Waals surface area contributed by atoms with Crippen LogP contribution < -0.4 is 5.32 Å². The van der Waals surface area contributed by atoms with Gasteiger partial charge in [-0.3, -0.25) is 9.88 Å². The minimum Gasteiger partial charge on any atom is -0.435 e. The molecule has 0 amide bonds. The van der Waals surface area contributed by atoms with E-state index in [1.807, 2.05) is 36.4 Å². The summed E-state index contributed by atoms with van der Waals surface area (Å²) in [6, 6.07) is 20.5. The molecule has 1 aliphatic heterocycles. The Morgan fingerprint density at radius 1 is 0.857 bits per heavy atom. The Morgan fingerprint density at radius 2 is 1.62 bits per heavy atom. The van der Waals surface area contributed by atoms with Gasteiger partial charge in [-0.2, -0.15) is 5.26 Å². The Labute approximate surface area is 243 Å². The van der Waals surface area contributed by atoms with Crippen LogP contribution in [-0.2, 0) is 6.54 Å². The highest BCUT2D eigenvalue weighted by Crippen LogP contribution is 2.37. The van der Waals surface area contributed by atoms with Gasteiger partial charge in [0.2, 0.25) is 5.89 Å². The van der Waals surface area contributed by atoms with Crippen LogP contribution in [-0.4, -0.2) is 37.9 Å². The van der Waals surface area contributed by atoms with Gasteiger partial charge < -0.3 is 9.73 Å². The molecule has 3 aromatic heterocycles. The molecule has 42 heavy (non-hydrogen) atoms. The van der Waals surface area contributed by atoms with E-state index in [1.54, 1.807) is 18.6 Å². The van der Waals surface area contributed by atoms with E-state index in [-0.39, 0.29) is 0 Å². The zero-order valence-electron chi connectivity index (χ0n) is 23.6. The maximum atomic E-state index is 9.90. The topological polar surface area (TPSA) is 104 Å². The van der Waals surface area contributed by atoms with E-state index in [4.69, 9.17) is 9.40 Å². The number of likely N-dealkylation sites (tertiary alicyclic amines) is 1. The molecule has 8 nitrogen and oxygen atoms in total. The quantitative estimate of drug-likeness (QED) is 0.229. The van der Waals surface area contributed by atoms with Crippen molar-refractivity contribution in [2.75, 3.05) is 18.4 Å². The first-order chi connectivity index (χ1) is 20.6. The minimum absolute atomic E-state index is 0.518. The summed E-state index contributed by atoms with van der Waals surface area (Å²) in [7, 11) is 0. The molecule has 1 fully saturated rings. The van der Waals surface area contributed by atoms with Gasteiger partial charge in [0.15, 0.2) is 11.4 Å². The van der Waals surface area contributed by atoms with E-state index in [2.05, 4.69) is 63.3 Å². The molecule has 8 heteroatoms. The Bertz CT molecular complexity index is 1990. The molecule has 1 N–H and O–H groups in total. The number of oxazole rings is 1. The first-order valence-corrected chi connectivity index (χ1v) is 14.2. The molecule has 3 aromatic carbocycles. The third kappa shape index (κ3) is 4.64. The van der Waals surface area contributed by atoms with Crippen molar-refractivity contribution in [1.29, 1.82) is 5.26 Å². The molecule has 206 valence electrons. The van der Waals surface area contributed by atoms with E-state index in [1.165, 1.54) is 12.8 Å². The Balaban J connectivity index is 1.25. The molecule has 6 aromatic rings. The zero-order chi connectivity index (χ0) is 28.6. The fraction of sp³-hybridized carbons (Fsp3) is 0.206. The lowest BCUT2D eigenvalue weighted by molar-refractivity contribution is 0.331. The molecule has 0 radical (unpaired) electrons. The van der Waals surface area contributed by atoms with Crippen LogP contribution in [0.4, 0.5) is 11.5 Å². The van der Waals surface area contributed by atoms with Gasteiger partial charge in [0.1, 0.15) is 17.1 Å². The third-order valence-electron chi connectivity index (χ3n) is 8.10. The average Bonchev–Trinajstić information content (AvgIpc) is 3.68. The molecule has 0 saturated carbocycles. The number of hydrogen-bond donors (Lipinski definition) is 1. The highest BCUT2D eigenvalue weighted by Gasteiger charge is 2.19. The van der Waals surface area contributed by atoms with Crippen LogP contribution in [0.15, 0.2) is 77.6 Å². The molecule has 1 aliphatic rings. The molecular formula is C34H29N7O. The molecule has 0 bridgehead atoms. The van der Waals surface area contributed by atoms with Crippen molar-refractivity contribution in [3.8, 4) is 28.7 Å². The van der Waals surface area contributed by atoms with Gasteiger partial charge in [-0.1, -0.05) is 24.3 Å². The summed E-state index contributed by atoms with van der Waals surface area (Å²) in [6.07, 6.45) is 7.54. The van der Waals surface area contributed by atoms with E-state index >= 15 is 0 Å². The molecule has 7 rings (SSSR count). The standard InChI is InChI=1S/C34H29N7O/c1-21-25(26-8-6-10-28(22(26)2)39-33-31-29(11-12-38-33)36-13-14-37-31)7-5-9-27(21)34-40-30-18-23(20-41-15-3-4-16-41)17-24(19-35)32(30)42-34/h5-14,17-18H,3-4,15-16,20H2,1-2H3,(H,38,39). The maximum Gasteiger partial charge on any atom is 0.227 e. The smallest absolute Gasteiger partial charge is 0.227 e. The van der Waals surface area contributed by atoms with Crippen LogP contribution in [0.2, 0.25) is 0 Å². The minimum atomic E-state index is 0.518. The molecule has 4 heterocycles. The van der Waals surface area contributed by atoms with Gasteiger partial charge in [-0.25, -0.2) is 15.0 Å². The average molecular weight is 552 g/mol. The number of nitrogens with one attached hydrogen (secondary N) is 1. The molecule has 0 spiro atoms. The number of pyridine rings is 1. The number of rotatable bonds is 6. The fourth-order valence-electron chi connectivity index (χ4n) is 5.92. The zero-order valence-corrected chi connectivity index (χ0v) is 23.6. The van der Waals surface area contributed by atoms with E-state index in [9.17, 15) is 5.26 Å². The van der Waals surface area contributed by atoms with E-state index < -0.39 is 0 Å². The second kappa shape index (κ2) is 10.7. The number of nitriles is 1. The first kappa shape index (κ1) is 25.8. The van der Waals surface area contributed by atoms with Crippen molar-refractivity contribution in [3.05, 3.63) is 95.4 Å². The second-order valence-corrected chi connectivity index (χ2v) is 10.8. The Kier molecular flexibility index (Phi) is 6.57. The van der Waals surface area contributed by atoms with Gasteiger partial charge in [0.25, 0.3) is 0 Å². The summed E-state index contributed by atoms with van der Waals surface area (Å²) in [4.78, 5) is 20.7.